The topological polar surface area (TPSA) is 29.5 Å². The van der Waals surface area contributed by atoms with Crippen molar-refractivity contribution < 1.29 is 9.53 Å². The second-order valence-corrected chi connectivity index (χ2v) is 3.59. The van der Waals surface area contributed by atoms with Crippen LogP contribution >= 0.6 is 0 Å². The van der Waals surface area contributed by atoms with Gasteiger partial charge in [-0.3, -0.25) is 0 Å². The zero-order valence-corrected chi connectivity index (χ0v) is 9.93. The summed E-state index contributed by atoms with van der Waals surface area (Å²) in [5, 5.41) is 0. The summed E-state index contributed by atoms with van der Waals surface area (Å²) in [4.78, 5) is 13.6. The van der Waals surface area contributed by atoms with Gasteiger partial charge in [-0.2, -0.15) is 0 Å². The number of carbonyl (C=O) groups is 1. The van der Waals surface area contributed by atoms with Crippen molar-refractivity contribution in [3.63, 3.8) is 0 Å². The number of hydrogen-bond acceptors (Lipinski definition) is 3. The fraction of sp³-hybridized carbons (Fsp3) is 0.308. The fourth-order valence-electron chi connectivity index (χ4n) is 1.33. The predicted octanol–water partition coefficient (Wildman–Crippen LogP) is 2.15. The summed E-state index contributed by atoms with van der Waals surface area (Å²) in [6, 6.07) is 9.51. The highest BCUT2D eigenvalue weighted by Gasteiger charge is 2.12. The third-order valence-electron chi connectivity index (χ3n) is 1.97. The molecule has 3 nitrogen and oxygen atoms in total. The first-order valence-corrected chi connectivity index (χ1v) is 5.26. The smallest absolute Gasteiger partial charge is 0.340 e. The van der Waals surface area contributed by atoms with E-state index < -0.39 is 0 Å². The van der Waals surface area contributed by atoms with Crippen molar-refractivity contribution in [1.82, 2.24) is 4.90 Å². The molecule has 0 aliphatic rings. The molecule has 0 fully saturated rings. The molecule has 0 saturated carbocycles. The lowest BCUT2D eigenvalue weighted by Crippen LogP contribution is -2.11. The Morgan fingerprint density at radius 3 is 2.44 bits per heavy atom. The molecule has 0 aliphatic carbocycles. The monoisotopic (exact) mass is 219 g/mol. The summed E-state index contributed by atoms with van der Waals surface area (Å²) < 4.78 is 5.03. The SMILES string of the molecule is CCOC(=O)/C(=C/N(C)C)c1ccccc1. The number of ether oxygens (including phenoxy) is 1. The van der Waals surface area contributed by atoms with Crippen molar-refractivity contribution in [2.45, 2.75) is 6.92 Å². The Morgan fingerprint density at radius 2 is 1.94 bits per heavy atom. The van der Waals surface area contributed by atoms with Gasteiger partial charge in [0.25, 0.3) is 0 Å². The van der Waals surface area contributed by atoms with E-state index in [4.69, 9.17) is 4.74 Å². The number of carbonyl (C=O) groups excluding carboxylic acids is 1. The highest BCUT2D eigenvalue weighted by molar-refractivity contribution is 6.16. The van der Waals surface area contributed by atoms with Crippen molar-refractivity contribution in [1.29, 1.82) is 0 Å². The third kappa shape index (κ3) is 3.42. The number of nitrogens with zero attached hydrogens (tertiary/aromatic N) is 1. The molecule has 3 heteroatoms. The lowest BCUT2D eigenvalue weighted by Gasteiger charge is -2.11. The predicted molar refractivity (Wildman–Crippen MR) is 64.7 cm³/mol. The van der Waals surface area contributed by atoms with Gasteiger partial charge in [0.05, 0.1) is 12.2 Å². The molecule has 0 amide bonds. The van der Waals surface area contributed by atoms with Gasteiger partial charge >= 0.3 is 5.97 Å². The van der Waals surface area contributed by atoms with Crippen LogP contribution in [0.5, 0.6) is 0 Å². The van der Waals surface area contributed by atoms with E-state index in [9.17, 15) is 4.79 Å². The summed E-state index contributed by atoms with van der Waals surface area (Å²) in [6.07, 6.45) is 1.77. The van der Waals surface area contributed by atoms with Crippen LogP contribution in [-0.2, 0) is 9.53 Å². The Labute approximate surface area is 96.3 Å². The van der Waals surface area contributed by atoms with Crippen molar-refractivity contribution in [2.24, 2.45) is 0 Å². The van der Waals surface area contributed by atoms with Crippen LogP contribution < -0.4 is 0 Å². The Morgan fingerprint density at radius 1 is 1.31 bits per heavy atom. The summed E-state index contributed by atoms with van der Waals surface area (Å²) in [7, 11) is 3.75. The summed E-state index contributed by atoms with van der Waals surface area (Å²) in [6.45, 7) is 2.19. The molecule has 1 aromatic rings. The van der Waals surface area contributed by atoms with Crippen molar-refractivity contribution in [2.75, 3.05) is 20.7 Å². The van der Waals surface area contributed by atoms with E-state index in [2.05, 4.69) is 0 Å². The maximum Gasteiger partial charge on any atom is 0.340 e. The van der Waals surface area contributed by atoms with Gasteiger partial charge < -0.3 is 9.64 Å². The van der Waals surface area contributed by atoms with Crippen LogP contribution in [0, 0.1) is 0 Å². The van der Waals surface area contributed by atoms with E-state index in [1.807, 2.05) is 49.3 Å². The lowest BCUT2D eigenvalue weighted by molar-refractivity contribution is -0.136. The molecule has 0 saturated heterocycles. The van der Waals surface area contributed by atoms with E-state index in [1.54, 1.807) is 13.1 Å². The Bertz CT molecular complexity index is 369. The molecular weight excluding hydrogens is 202 g/mol. The highest BCUT2D eigenvalue weighted by Crippen LogP contribution is 2.16. The van der Waals surface area contributed by atoms with E-state index in [1.165, 1.54) is 0 Å². The second kappa shape index (κ2) is 5.95. The molecule has 0 unspecified atom stereocenters. The van der Waals surface area contributed by atoms with Gasteiger partial charge in [-0.15, -0.1) is 0 Å². The number of hydrogen-bond donors (Lipinski definition) is 0. The lowest BCUT2D eigenvalue weighted by atomic mass is 10.1. The molecule has 0 aromatic heterocycles. The maximum absolute atomic E-state index is 11.8. The third-order valence-corrected chi connectivity index (χ3v) is 1.97. The average molecular weight is 219 g/mol. The number of esters is 1. The summed E-state index contributed by atoms with van der Waals surface area (Å²) in [5.74, 6) is -0.289. The molecule has 0 N–H and O–H groups in total. The zero-order chi connectivity index (χ0) is 12.0. The molecule has 16 heavy (non-hydrogen) atoms. The largest absolute Gasteiger partial charge is 0.462 e. The van der Waals surface area contributed by atoms with E-state index in [0.717, 1.165) is 5.56 Å². The molecule has 0 heterocycles. The minimum atomic E-state index is -0.289. The standard InChI is InChI=1S/C13H17NO2/c1-4-16-13(15)12(10-14(2)3)11-8-6-5-7-9-11/h5-10H,4H2,1-3H3/b12-10+. The van der Waals surface area contributed by atoms with Crippen LogP contribution in [0.15, 0.2) is 36.5 Å². The fourth-order valence-corrected chi connectivity index (χ4v) is 1.33. The van der Waals surface area contributed by atoms with Crippen LogP contribution in [0.4, 0.5) is 0 Å². The molecular formula is C13H17NO2. The molecule has 0 atom stereocenters. The van der Waals surface area contributed by atoms with E-state index in [-0.39, 0.29) is 5.97 Å². The molecule has 1 rings (SSSR count). The normalized spacial score (nSPS) is 11.1. The van der Waals surface area contributed by atoms with Crippen LogP contribution in [0.1, 0.15) is 12.5 Å². The first kappa shape index (κ1) is 12.3. The van der Waals surface area contributed by atoms with Crippen LogP contribution in [0.25, 0.3) is 5.57 Å². The first-order chi connectivity index (χ1) is 7.65. The zero-order valence-electron chi connectivity index (χ0n) is 9.93. The second-order valence-electron chi connectivity index (χ2n) is 3.59. The highest BCUT2D eigenvalue weighted by atomic mass is 16.5. The van der Waals surface area contributed by atoms with Crippen LogP contribution in [0.3, 0.4) is 0 Å². The van der Waals surface area contributed by atoms with Crippen LogP contribution in [0.2, 0.25) is 0 Å². The van der Waals surface area contributed by atoms with Crippen molar-refractivity contribution >= 4 is 11.5 Å². The summed E-state index contributed by atoms with van der Waals surface area (Å²) in [5.41, 5.74) is 1.45. The van der Waals surface area contributed by atoms with Gasteiger partial charge in [0.1, 0.15) is 0 Å². The average Bonchev–Trinajstić information content (AvgIpc) is 2.27. The minimum Gasteiger partial charge on any atom is -0.462 e. The first-order valence-electron chi connectivity index (χ1n) is 5.26. The quantitative estimate of drug-likeness (QED) is 0.574. The minimum absolute atomic E-state index is 0.289. The van der Waals surface area contributed by atoms with E-state index in [0.29, 0.717) is 12.2 Å². The van der Waals surface area contributed by atoms with Gasteiger partial charge in [0.2, 0.25) is 0 Å². The van der Waals surface area contributed by atoms with Gasteiger partial charge in [-0.25, -0.2) is 4.79 Å². The van der Waals surface area contributed by atoms with Crippen LogP contribution in [-0.4, -0.2) is 31.6 Å². The van der Waals surface area contributed by atoms with Crippen molar-refractivity contribution in [3.05, 3.63) is 42.1 Å². The van der Waals surface area contributed by atoms with Gasteiger partial charge in [-0.1, -0.05) is 30.3 Å². The Kier molecular flexibility index (Phi) is 4.58. The molecule has 0 aliphatic heterocycles. The molecule has 0 bridgehead atoms. The Hall–Kier alpha value is -1.77. The summed E-state index contributed by atoms with van der Waals surface area (Å²) >= 11 is 0. The maximum atomic E-state index is 11.8. The molecule has 1 aromatic carbocycles. The van der Waals surface area contributed by atoms with E-state index >= 15 is 0 Å². The molecule has 0 radical (unpaired) electrons. The number of benzene rings is 1. The number of rotatable bonds is 4. The van der Waals surface area contributed by atoms with Gasteiger partial charge in [0.15, 0.2) is 0 Å². The van der Waals surface area contributed by atoms with Crippen molar-refractivity contribution in [3.8, 4) is 0 Å². The molecule has 0 spiro atoms. The Balaban J connectivity index is 3.02. The van der Waals surface area contributed by atoms with Gasteiger partial charge in [0, 0.05) is 20.3 Å². The molecule has 86 valence electrons. The van der Waals surface area contributed by atoms with Gasteiger partial charge in [-0.05, 0) is 12.5 Å².